The first-order chi connectivity index (χ1) is 10.3. The molecule has 2 heterocycles. The lowest BCUT2D eigenvalue weighted by Gasteiger charge is -2.23. The Morgan fingerprint density at radius 2 is 2.10 bits per heavy atom. The quantitative estimate of drug-likeness (QED) is 0.743. The summed E-state index contributed by atoms with van der Waals surface area (Å²) in [6.45, 7) is 4.54. The number of para-hydroxylation sites is 1. The normalized spacial score (nSPS) is 19.7. The molecule has 0 N–H and O–H groups in total. The summed E-state index contributed by atoms with van der Waals surface area (Å²) in [4.78, 5) is 7.31. The molecular weight excluding hydrogens is 280 g/mol. The van der Waals surface area contributed by atoms with E-state index in [1.807, 2.05) is 6.07 Å². The number of nitrogens with zero attached hydrogens (tertiary/aromatic N) is 2. The van der Waals surface area contributed by atoms with Gasteiger partial charge in [-0.05, 0) is 42.9 Å². The summed E-state index contributed by atoms with van der Waals surface area (Å²) >= 11 is 6.15. The maximum Gasteiger partial charge on any atom is 0.129 e. The van der Waals surface area contributed by atoms with Crippen molar-refractivity contribution in [3.63, 3.8) is 0 Å². The molecule has 1 aliphatic heterocycles. The van der Waals surface area contributed by atoms with Crippen molar-refractivity contribution in [2.45, 2.75) is 38.5 Å². The van der Waals surface area contributed by atoms with Gasteiger partial charge in [0.05, 0.1) is 5.52 Å². The molecule has 1 saturated heterocycles. The van der Waals surface area contributed by atoms with Gasteiger partial charge in [-0.3, -0.25) is 0 Å². The monoisotopic (exact) mass is 302 g/mol. The van der Waals surface area contributed by atoms with E-state index in [1.54, 1.807) is 0 Å². The second kappa shape index (κ2) is 6.65. The highest BCUT2D eigenvalue weighted by Crippen LogP contribution is 2.27. The molecule has 1 fully saturated rings. The van der Waals surface area contributed by atoms with Gasteiger partial charge in [-0.1, -0.05) is 31.5 Å². The van der Waals surface area contributed by atoms with E-state index >= 15 is 0 Å². The van der Waals surface area contributed by atoms with Crippen molar-refractivity contribution in [1.29, 1.82) is 0 Å². The first-order valence-electron chi connectivity index (χ1n) is 8.01. The lowest BCUT2D eigenvalue weighted by molar-refractivity contribution is 0.459. The van der Waals surface area contributed by atoms with E-state index in [1.165, 1.54) is 36.6 Å². The van der Waals surface area contributed by atoms with Crippen molar-refractivity contribution in [2.75, 3.05) is 18.0 Å². The number of halogens is 1. The third-order valence-electron chi connectivity index (χ3n) is 4.68. The van der Waals surface area contributed by atoms with Crippen LogP contribution in [0.15, 0.2) is 30.3 Å². The van der Waals surface area contributed by atoms with Gasteiger partial charge in [-0.2, -0.15) is 0 Å². The topological polar surface area (TPSA) is 16.1 Å². The van der Waals surface area contributed by atoms with Gasteiger partial charge in [-0.25, -0.2) is 4.98 Å². The van der Waals surface area contributed by atoms with Crippen molar-refractivity contribution in [3.05, 3.63) is 35.9 Å². The zero-order chi connectivity index (χ0) is 14.7. The molecular formula is C18H23ClN2. The zero-order valence-electron chi connectivity index (χ0n) is 12.7. The van der Waals surface area contributed by atoms with Crippen LogP contribution in [-0.4, -0.2) is 18.1 Å². The average molecular weight is 303 g/mol. The summed E-state index contributed by atoms with van der Waals surface area (Å²) in [7, 11) is 0. The van der Waals surface area contributed by atoms with Gasteiger partial charge in [0, 0.05) is 24.4 Å². The van der Waals surface area contributed by atoms with Gasteiger partial charge >= 0.3 is 0 Å². The summed E-state index contributed by atoms with van der Waals surface area (Å²) in [5.41, 5.74) is 2.25. The molecule has 0 aliphatic carbocycles. The molecule has 21 heavy (non-hydrogen) atoms. The zero-order valence-corrected chi connectivity index (χ0v) is 13.4. The lowest BCUT2D eigenvalue weighted by Crippen LogP contribution is -2.25. The molecule has 1 unspecified atom stereocenters. The molecule has 2 aromatic rings. The van der Waals surface area contributed by atoms with Crippen LogP contribution in [-0.2, 0) is 5.88 Å². The fraction of sp³-hybridized carbons (Fsp3) is 0.500. The Kier molecular flexibility index (Phi) is 4.64. The van der Waals surface area contributed by atoms with Gasteiger partial charge in [0.15, 0.2) is 0 Å². The largest absolute Gasteiger partial charge is 0.357 e. The molecule has 1 aromatic heterocycles. The van der Waals surface area contributed by atoms with Gasteiger partial charge in [0.1, 0.15) is 5.82 Å². The molecule has 3 rings (SSSR count). The Bertz CT molecular complexity index is 611. The van der Waals surface area contributed by atoms with Crippen molar-refractivity contribution >= 4 is 28.3 Å². The maximum absolute atomic E-state index is 6.15. The van der Waals surface area contributed by atoms with Crippen LogP contribution in [0.5, 0.6) is 0 Å². The number of benzene rings is 1. The Hall–Kier alpha value is -1.28. The van der Waals surface area contributed by atoms with Crippen LogP contribution in [0, 0.1) is 5.92 Å². The van der Waals surface area contributed by atoms with E-state index in [2.05, 4.69) is 36.1 Å². The number of rotatable bonds is 3. The molecule has 3 heteroatoms. The van der Waals surface area contributed by atoms with E-state index in [0.29, 0.717) is 5.88 Å². The van der Waals surface area contributed by atoms with Crippen molar-refractivity contribution in [1.82, 2.24) is 4.98 Å². The van der Waals surface area contributed by atoms with Crippen molar-refractivity contribution in [2.24, 2.45) is 5.92 Å². The number of fused-ring (bicyclic) bond motifs is 1. The molecule has 1 aliphatic rings. The Morgan fingerprint density at radius 3 is 2.90 bits per heavy atom. The summed E-state index contributed by atoms with van der Waals surface area (Å²) < 4.78 is 0. The van der Waals surface area contributed by atoms with Crippen molar-refractivity contribution < 1.29 is 0 Å². The highest BCUT2D eigenvalue weighted by molar-refractivity contribution is 6.18. The van der Waals surface area contributed by atoms with Crippen LogP contribution in [0.3, 0.4) is 0 Å². The summed E-state index contributed by atoms with van der Waals surface area (Å²) in [6.07, 6.45) is 5.19. The first-order valence-corrected chi connectivity index (χ1v) is 8.55. The molecule has 0 radical (unpaired) electrons. The SMILES string of the molecule is CCC1CCCN(c2cc(CCl)c3ccccc3n2)CC1. The maximum atomic E-state index is 6.15. The minimum atomic E-state index is 0.543. The van der Waals surface area contributed by atoms with E-state index in [4.69, 9.17) is 16.6 Å². The third-order valence-corrected chi connectivity index (χ3v) is 4.97. The summed E-state index contributed by atoms with van der Waals surface area (Å²) in [5, 5.41) is 1.18. The highest BCUT2D eigenvalue weighted by atomic mass is 35.5. The summed E-state index contributed by atoms with van der Waals surface area (Å²) in [5.74, 6) is 2.52. The van der Waals surface area contributed by atoms with Crippen molar-refractivity contribution in [3.8, 4) is 0 Å². The lowest BCUT2D eigenvalue weighted by atomic mass is 9.98. The number of hydrogen-bond donors (Lipinski definition) is 0. The standard InChI is InChI=1S/C18H23ClN2/c1-2-14-6-5-10-21(11-9-14)18-12-15(13-19)16-7-3-4-8-17(16)20-18/h3-4,7-8,12,14H,2,5-6,9-11,13H2,1H3. The third kappa shape index (κ3) is 3.16. The average Bonchev–Trinajstić information content (AvgIpc) is 2.79. The smallest absolute Gasteiger partial charge is 0.129 e. The van der Waals surface area contributed by atoms with Crippen LogP contribution in [0.25, 0.3) is 10.9 Å². The Balaban J connectivity index is 1.93. The molecule has 1 aromatic carbocycles. The van der Waals surface area contributed by atoms with Crippen LogP contribution < -0.4 is 4.90 Å². The predicted octanol–water partition coefficient (Wildman–Crippen LogP) is 4.99. The minimum Gasteiger partial charge on any atom is -0.357 e. The molecule has 112 valence electrons. The van der Waals surface area contributed by atoms with Gasteiger partial charge in [0.2, 0.25) is 0 Å². The molecule has 1 atom stereocenters. The van der Waals surface area contributed by atoms with Gasteiger partial charge in [-0.15, -0.1) is 11.6 Å². The van der Waals surface area contributed by atoms with Gasteiger partial charge in [0.25, 0.3) is 0 Å². The molecule has 0 amide bonds. The molecule has 0 saturated carbocycles. The Labute approximate surface area is 132 Å². The van der Waals surface area contributed by atoms with Crippen LogP contribution in [0.4, 0.5) is 5.82 Å². The number of pyridine rings is 1. The van der Waals surface area contributed by atoms with E-state index in [0.717, 1.165) is 30.3 Å². The van der Waals surface area contributed by atoms with E-state index < -0.39 is 0 Å². The molecule has 0 bridgehead atoms. The van der Waals surface area contributed by atoms with E-state index in [-0.39, 0.29) is 0 Å². The molecule has 0 spiro atoms. The number of anilines is 1. The fourth-order valence-corrected chi connectivity index (χ4v) is 3.53. The number of alkyl halides is 1. The van der Waals surface area contributed by atoms with Gasteiger partial charge < -0.3 is 4.90 Å². The minimum absolute atomic E-state index is 0.543. The number of hydrogen-bond acceptors (Lipinski definition) is 2. The highest BCUT2D eigenvalue weighted by Gasteiger charge is 2.17. The second-order valence-electron chi connectivity index (χ2n) is 5.98. The van der Waals surface area contributed by atoms with Crippen LogP contribution in [0.2, 0.25) is 0 Å². The predicted molar refractivity (Wildman–Crippen MR) is 91.1 cm³/mol. The van der Waals surface area contributed by atoms with Crippen LogP contribution >= 0.6 is 11.6 Å². The Morgan fingerprint density at radius 1 is 1.24 bits per heavy atom. The first kappa shape index (κ1) is 14.6. The van der Waals surface area contributed by atoms with Crippen LogP contribution in [0.1, 0.15) is 38.2 Å². The number of aromatic nitrogens is 1. The van der Waals surface area contributed by atoms with E-state index in [9.17, 15) is 0 Å². The second-order valence-corrected chi connectivity index (χ2v) is 6.25. The summed E-state index contributed by atoms with van der Waals surface area (Å²) in [6, 6.07) is 10.5. The molecule has 2 nitrogen and oxygen atoms in total. The fourth-order valence-electron chi connectivity index (χ4n) is 3.31.